The number of allylic oxidation sites excluding steroid dienone is 2. The fourth-order valence-corrected chi connectivity index (χ4v) is 4.62. The van der Waals surface area contributed by atoms with E-state index in [0.717, 1.165) is 23.5 Å². The van der Waals surface area contributed by atoms with Gasteiger partial charge in [0.05, 0.1) is 10.6 Å². The maximum absolute atomic E-state index is 12.4. The summed E-state index contributed by atoms with van der Waals surface area (Å²) in [6.45, 7) is 5.36. The molecule has 2 aliphatic rings. The van der Waals surface area contributed by atoms with E-state index in [-0.39, 0.29) is 5.91 Å². The Labute approximate surface area is 174 Å². The molecule has 2 aromatic rings. The second-order valence-electron chi connectivity index (χ2n) is 6.35. The van der Waals surface area contributed by atoms with Crippen LogP contribution >= 0.6 is 24.0 Å². The van der Waals surface area contributed by atoms with Crippen molar-refractivity contribution in [1.82, 2.24) is 4.90 Å². The van der Waals surface area contributed by atoms with Crippen LogP contribution in [0.2, 0.25) is 0 Å². The third-order valence-electron chi connectivity index (χ3n) is 4.72. The molecule has 0 atom stereocenters. The van der Waals surface area contributed by atoms with Crippen molar-refractivity contribution in [1.29, 1.82) is 0 Å². The fourth-order valence-electron chi connectivity index (χ4n) is 3.30. The summed E-state index contributed by atoms with van der Waals surface area (Å²) in [6, 6.07) is 16.5. The molecule has 0 unspecified atom stereocenters. The molecule has 0 saturated carbocycles. The number of thiocarbonyl (C=S) groups is 1. The quantitative estimate of drug-likeness (QED) is 0.514. The largest absolute Gasteiger partial charge is 0.439 e. The monoisotopic (exact) mass is 408 g/mol. The number of anilines is 1. The van der Waals surface area contributed by atoms with Crippen LogP contribution in [0.3, 0.4) is 0 Å². The predicted molar refractivity (Wildman–Crippen MR) is 119 cm³/mol. The van der Waals surface area contributed by atoms with E-state index in [1.807, 2.05) is 37.3 Å². The maximum atomic E-state index is 12.4. The molecule has 2 heterocycles. The highest BCUT2D eigenvalue weighted by Gasteiger charge is 2.31. The van der Waals surface area contributed by atoms with Crippen molar-refractivity contribution in [3.63, 3.8) is 0 Å². The van der Waals surface area contributed by atoms with Crippen molar-refractivity contribution in [2.75, 3.05) is 18.0 Å². The van der Waals surface area contributed by atoms with Crippen molar-refractivity contribution >= 4 is 39.9 Å². The van der Waals surface area contributed by atoms with Gasteiger partial charge in [0.25, 0.3) is 5.91 Å². The van der Waals surface area contributed by atoms with Crippen LogP contribution in [0.4, 0.5) is 5.69 Å². The van der Waals surface area contributed by atoms with Gasteiger partial charge >= 0.3 is 0 Å². The van der Waals surface area contributed by atoms with Crippen molar-refractivity contribution in [3.05, 3.63) is 71.5 Å². The Balaban J connectivity index is 1.63. The lowest BCUT2D eigenvalue weighted by Gasteiger charge is -2.15. The minimum absolute atomic E-state index is 0.0423. The summed E-state index contributed by atoms with van der Waals surface area (Å²) in [5.41, 5.74) is 3.35. The smallest absolute Gasteiger partial charge is 0.266 e. The van der Waals surface area contributed by atoms with E-state index >= 15 is 0 Å². The summed E-state index contributed by atoms with van der Waals surface area (Å²) >= 11 is 6.60. The second kappa shape index (κ2) is 7.81. The number of hydrogen-bond donors (Lipinski definition) is 0. The predicted octanol–water partition coefficient (Wildman–Crippen LogP) is 5.18. The van der Waals surface area contributed by atoms with Crippen molar-refractivity contribution in [3.8, 4) is 16.9 Å². The molecule has 0 radical (unpaired) electrons. The molecule has 6 heteroatoms. The van der Waals surface area contributed by atoms with Gasteiger partial charge in [0, 0.05) is 19.2 Å². The van der Waals surface area contributed by atoms with E-state index in [4.69, 9.17) is 17.0 Å². The number of carbonyl (C=O) groups excluding carboxylic acids is 1. The highest BCUT2D eigenvalue weighted by Crippen LogP contribution is 2.41. The van der Waals surface area contributed by atoms with E-state index in [1.54, 1.807) is 11.0 Å². The van der Waals surface area contributed by atoms with Gasteiger partial charge in [0.2, 0.25) is 5.88 Å². The Bertz CT molecular complexity index is 999. The molecule has 0 aromatic heterocycles. The highest BCUT2D eigenvalue weighted by atomic mass is 32.2. The van der Waals surface area contributed by atoms with Crippen LogP contribution in [0.15, 0.2) is 71.5 Å². The van der Waals surface area contributed by atoms with Crippen molar-refractivity contribution < 1.29 is 9.53 Å². The van der Waals surface area contributed by atoms with Gasteiger partial charge in [-0.25, -0.2) is 0 Å². The molecule has 2 aromatic carbocycles. The fraction of sp³-hybridized carbons (Fsp3) is 0.182. The third-order valence-corrected chi connectivity index (χ3v) is 6.12. The number of thioether (sulfide) groups is 1. The topological polar surface area (TPSA) is 32.8 Å². The lowest BCUT2D eigenvalue weighted by atomic mass is 10.0. The van der Waals surface area contributed by atoms with E-state index in [9.17, 15) is 4.79 Å². The maximum Gasteiger partial charge on any atom is 0.266 e. The van der Waals surface area contributed by atoms with Gasteiger partial charge in [0.1, 0.15) is 4.32 Å². The van der Waals surface area contributed by atoms with Gasteiger partial charge in [-0.1, -0.05) is 60.4 Å². The summed E-state index contributed by atoms with van der Waals surface area (Å²) in [6.07, 6.45) is 3.66. The van der Waals surface area contributed by atoms with E-state index < -0.39 is 0 Å². The first kappa shape index (κ1) is 18.8. The zero-order valence-electron chi connectivity index (χ0n) is 15.7. The third kappa shape index (κ3) is 3.34. The summed E-state index contributed by atoms with van der Waals surface area (Å²) in [4.78, 5) is 16.7. The molecule has 0 bridgehead atoms. The van der Waals surface area contributed by atoms with Crippen LogP contribution in [0.1, 0.15) is 13.8 Å². The van der Waals surface area contributed by atoms with Gasteiger partial charge < -0.3 is 9.64 Å². The highest BCUT2D eigenvalue weighted by molar-refractivity contribution is 8.26. The first-order chi connectivity index (χ1) is 13.6. The van der Waals surface area contributed by atoms with E-state index in [2.05, 4.69) is 36.1 Å². The molecule has 1 fully saturated rings. The Kier molecular flexibility index (Phi) is 5.24. The first-order valence-electron chi connectivity index (χ1n) is 9.23. The lowest BCUT2D eigenvalue weighted by molar-refractivity contribution is -0.122. The minimum atomic E-state index is -0.0423. The molecule has 0 aliphatic carbocycles. The van der Waals surface area contributed by atoms with E-state index in [1.165, 1.54) is 17.3 Å². The molecule has 0 N–H and O–H groups in total. The molecule has 142 valence electrons. The molecule has 0 spiro atoms. The van der Waals surface area contributed by atoms with Crippen molar-refractivity contribution in [2.45, 2.75) is 13.8 Å². The Morgan fingerprint density at radius 1 is 1.00 bits per heavy atom. The van der Waals surface area contributed by atoms with Gasteiger partial charge in [-0.05, 0) is 43.2 Å². The summed E-state index contributed by atoms with van der Waals surface area (Å²) in [5, 5.41) is 0. The lowest BCUT2D eigenvalue weighted by Crippen LogP contribution is -2.27. The van der Waals surface area contributed by atoms with Gasteiger partial charge in [-0.2, -0.15) is 0 Å². The van der Waals surface area contributed by atoms with Crippen LogP contribution in [-0.2, 0) is 4.79 Å². The van der Waals surface area contributed by atoms with Crippen LogP contribution < -0.4 is 9.64 Å². The molecular formula is C22H20N2O2S2. The summed E-state index contributed by atoms with van der Waals surface area (Å²) < 4.78 is 6.66. The number of ether oxygens (including phenoxy) is 1. The van der Waals surface area contributed by atoms with Gasteiger partial charge in [-0.15, -0.1) is 0 Å². The number of nitrogens with zero attached hydrogens (tertiary/aromatic N) is 2. The molecule has 1 amide bonds. The van der Waals surface area contributed by atoms with Gasteiger partial charge in [-0.3, -0.25) is 9.69 Å². The minimum Gasteiger partial charge on any atom is -0.439 e. The second-order valence-corrected chi connectivity index (χ2v) is 8.02. The zero-order valence-corrected chi connectivity index (χ0v) is 17.3. The standard InChI is InChI=1S/C22H20N2O2S2/c1-3-23-17-14-16(15-8-6-5-7-9-15)10-11-18(17)26-20(23)13-12-19-21(25)24(4-2)22(27)28-19/h5-14H,3-4H2,1-2H3. The van der Waals surface area contributed by atoms with Crippen LogP contribution in [0, 0.1) is 0 Å². The first-order valence-corrected chi connectivity index (χ1v) is 10.4. The molecule has 1 saturated heterocycles. The van der Waals surface area contributed by atoms with Crippen LogP contribution in [-0.4, -0.2) is 28.2 Å². The summed E-state index contributed by atoms with van der Waals surface area (Å²) in [7, 11) is 0. The average molecular weight is 409 g/mol. The van der Waals surface area contributed by atoms with Gasteiger partial charge in [0.15, 0.2) is 5.75 Å². The molecule has 4 rings (SSSR count). The van der Waals surface area contributed by atoms with Crippen molar-refractivity contribution in [2.24, 2.45) is 0 Å². The number of carbonyl (C=O) groups is 1. The number of fused-ring (bicyclic) bond motifs is 1. The summed E-state index contributed by atoms with van der Waals surface area (Å²) in [5.74, 6) is 1.49. The number of amides is 1. The van der Waals surface area contributed by atoms with Crippen LogP contribution in [0.5, 0.6) is 5.75 Å². The number of rotatable bonds is 4. The number of hydrogen-bond acceptors (Lipinski definition) is 5. The number of benzene rings is 2. The Hall–Kier alpha value is -2.57. The molecule has 2 aliphatic heterocycles. The average Bonchev–Trinajstić information content (AvgIpc) is 3.21. The SMILES string of the molecule is CCN1C(=O)C(=CC=C2Oc3ccc(-c4ccccc4)cc3N2CC)SC1=S. The Morgan fingerprint density at radius 3 is 2.43 bits per heavy atom. The molecule has 28 heavy (non-hydrogen) atoms. The van der Waals surface area contributed by atoms with Crippen LogP contribution in [0.25, 0.3) is 11.1 Å². The molecular weight excluding hydrogens is 388 g/mol. The zero-order chi connectivity index (χ0) is 19.7. The normalized spacial score (nSPS) is 18.9. The van der Waals surface area contributed by atoms with E-state index in [0.29, 0.717) is 21.7 Å². The Morgan fingerprint density at radius 2 is 1.75 bits per heavy atom. The molecule has 4 nitrogen and oxygen atoms in total. The number of likely N-dealkylation sites (N-methyl/N-ethyl adjacent to an activating group) is 1.